The molecule has 0 bridgehead atoms. The number of aromatic carboxylic acids is 1. The first-order valence-electron chi connectivity index (χ1n) is 2.17. The fourth-order valence-electron chi connectivity index (χ4n) is 0.388. The highest BCUT2D eigenvalue weighted by Crippen LogP contribution is 1.86. The topological polar surface area (TPSA) is 105 Å². The van der Waals surface area contributed by atoms with Crippen molar-refractivity contribution < 1.29 is 9.90 Å². The molecular weight excluding hydrogens is 138 g/mol. The highest BCUT2D eigenvalue weighted by atomic mass is 16.4. The third-order valence-electron chi connectivity index (χ3n) is 0.756. The van der Waals surface area contributed by atoms with Gasteiger partial charge in [0.1, 0.15) is 0 Å². The second-order valence-corrected chi connectivity index (χ2v) is 1.32. The lowest BCUT2D eigenvalue weighted by molar-refractivity contribution is 0.0680. The van der Waals surface area contributed by atoms with E-state index >= 15 is 0 Å². The number of hydrogen-bond acceptors (Lipinski definition) is 5. The monoisotopic (exact) mass is 139 g/mol. The van der Waals surface area contributed by atoms with Gasteiger partial charge in [0, 0.05) is 0 Å². The second-order valence-electron chi connectivity index (χ2n) is 1.32. The van der Waals surface area contributed by atoms with Crippen LogP contribution in [0.2, 0.25) is 0 Å². The van der Waals surface area contributed by atoms with Gasteiger partial charge in [-0.25, -0.2) is 4.79 Å². The molecule has 1 rings (SSSR count). The molecule has 0 unspecified atom stereocenters. The third kappa shape index (κ3) is 0.775. The molecular formula is C3HN5O2. The minimum absolute atomic E-state index is 0.484. The van der Waals surface area contributed by atoms with Crippen molar-refractivity contribution in [3.05, 3.63) is 5.82 Å². The number of nitrogens with zero attached hydrogens (tertiary/aromatic N) is 5. The minimum atomic E-state index is -1.33. The fraction of sp³-hybridized carbons (Fsp3) is 0. The lowest BCUT2D eigenvalue weighted by atomic mass is 10.6. The Hall–Kier alpha value is -1.97. The summed E-state index contributed by atoms with van der Waals surface area (Å²) in [4.78, 5) is 10.1. The zero-order chi connectivity index (χ0) is 7.56. The number of tetrazole rings is 1. The molecule has 10 heavy (non-hydrogen) atoms. The quantitative estimate of drug-likeness (QED) is 0.518. The molecule has 0 fully saturated rings. The molecule has 0 aliphatic carbocycles. The molecule has 0 spiro atoms. The number of aromatic nitrogens is 4. The zero-order valence-corrected chi connectivity index (χ0v) is 4.59. The summed E-state index contributed by atoms with van der Waals surface area (Å²) in [6, 6.07) is 0. The normalized spacial score (nSPS) is 8.70. The molecule has 0 saturated heterocycles. The summed E-state index contributed by atoms with van der Waals surface area (Å²) in [5.74, 6) is -1.81. The molecule has 1 N–H and O–H groups in total. The maximum atomic E-state index is 10.1. The van der Waals surface area contributed by atoms with Gasteiger partial charge in [-0.15, -0.1) is 4.68 Å². The maximum Gasteiger partial charge on any atom is 0.376 e. The van der Waals surface area contributed by atoms with E-state index in [1.807, 2.05) is 0 Å². The van der Waals surface area contributed by atoms with Gasteiger partial charge in [0.15, 0.2) is 0 Å². The molecule has 0 atom stereocenters. The molecule has 1 aromatic rings. The van der Waals surface area contributed by atoms with Crippen LogP contribution in [-0.4, -0.2) is 31.3 Å². The Kier molecular flexibility index (Phi) is 1.29. The van der Waals surface area contributed by atoms with Gasteiger partial charge in [0.2, 0.25) is 6.19 Å². The Balaban J connectivity index is 3.17. The van der Waals surface area contributed by atoms with Crippen molar-refractivity contribution in [1.29, 1.82) is 5.26 Å². The highest BCUT2D eigenvalue weighted by Gasteiger charge is 2.12. The van der Waals surface area contributed by atoms with Gasteiger partial charge in [-0.05, 0) is 10.4 Å². The highest BCUT2D eigenvalue weighted by molar-refractivity contribution is 5.83. The number of rotatable bonds is 1. The Morgan fingerprint density at radius 2 is 2.50 bits per heavy atom. The summed E-state index contributed by atoms with van der Waals surface area (Å²) in [6.07, 6.45) is 1.46. The number of hydrogen-bond donors (Lipinski definition) is 1. The lowest BCUT2D eigenvalue weighted by Gasteiger charge is -1.82. The molecule has 50 valence electrons. The molecule has 7 heteroatoms. The van der Waals surface area contributed by atoms with Crippen LogP contribution >= 0.6 is 0 Å². The van der Waals surface area contributed by atoms with Crippen LogP contribution in [0.5, 0.6) is 0 Å². The summed E-state index contributed by atoms with van der Waals surface area (Å²) in [5.41, 5.74) is 0. The standard InChI is InChI=1S/C3HN5O2/c4-1-8-2(3(9)10)5-6-7-8/h(H,9,10). The first kappa shape index (κ1) is 6.15. The van der Waals surface area contributed by atoms with E-state index in [0.29, 0.717) is 4.68 Å². The molecule has 1 heterocycles. The molecule has 0 saturated carbocycles. The van der Waals surface area contributed by atoms with Gasteiger partial charge >= 0.3 is 5.97 Å². The molecule has 1 aromatic heterocycles. The first-order chi connectivity index (χ1) is 4.75. The summed E-state index contributed by atoms with van der Waals surface area (Å²) >= 11 is 0. The van der Waals surface area contributed by atoms with Gasteiger partial charge in [-0.2, -0.15) is 5.26 Å². The molecule has 0 aliphatic rings. The van der Waals surface area contributed by atoms with Gasteiger partial charge in [-0.3, -0.25) is 0 Å². The summed E-state index contributed by atoms with van der Waals surface area (Å²) < 4.78 is 0.516. The Morgan fingerprint density at radius 3 is 2.90 bits per heavy atom. The van der Waals surface area contributed by atoms with Gasteiger partial charge in [0.05, 0.1) is 0 Å². The molecule has 7 nitrogen and oxygen atoms in total. The maximum absolute atomic E-state index is 10.1. The van der Waals surface area contributed by atoms with E-state index in [1.165, 1.54) is 6.19 Å². The average molecular weight is 139 g/mol. The lowest BCUT2D eigenvalue weighted by Crippen LogP contribution is -2.06. The Bertz CT molecular complexity index is 296. The summed E-state index contributed by atoms with van der Waals surface area (Å²) in [5, 5.41) is 25.5. The van der Waals surface area contributed by atoms with Crippen LogP contribution in [0.1, 0.15) is 10.6 Å². The average Bonchev–Trinajstić information content (AvgIpc) is 2.33. The van der Waals surface area contributed by atoms with Crippen molar-refractivity contribution in [2.24, 2.45) is 0 Å². The van der Waals surface area contributed by atoms with Crippen molar-refractivity contribution in [3.8, 4) is 6.19 Å². The second kappa shape index (κ2) is 2.10. The largest absolute Gasteiger partial charge is 0.475 e. The fourth-order valence-corrected chi connectivity index (χ4v) is 0.388. The third-order valence-corrected chi connectivity index (χ3v) is 0.756. The van der Waals surface area contributed by atoms with Crippen LogP contribution < -0.4 is 0 Å². The van der Waals surface area contributed by atoms with E-state index in [0.717, 1.165) is 0 Å². The van der Waals surface area contributed by atoms with Crippen molar-refractivity contribution in [3.63, 3.8) is 0 Å². The number of nitriles is 1. The van der Waals surface area contributed by atoms with Gasteiger partial charge < -0.3 is 5.11 Å². The van der Waals surface area contributed by atoms with Gasteiger partial charge in [0.25, 0.3) is 5.82 Å². The number of carbonyl (C=O) groups is 1. The van der Waals surface area contributed by atoms with Crippen molar-refractivity contribution in [2.75, 3.05) is 0 Å². The summed E-state index contributed by atoms with van der Waals surface area (Å²) in [6.45, 7) is 0. The van der Waals surface area contributed by atoms with E-state index < -0.39 is 11.8 Å². The predicted octanol–water partition coefficient (Wildman–Crippen LogP) is -1.30. The smallest absolute Gasteiger partial charge is 0.376 e. The van der Waals surface area contributed by atoms with Crippen molar-refractivity contribution in [2.45, 2.75) is 0 Å². The van der Waals surface area contributed by atoms with Crippen LogP contribution in [0.25, 0.3) is 0 Å². The van der Waals surface area contributed by atoms with Crippen LogP contribution in [0, 0.1) is 11.5 Å². The number of carboxylic acid groups (broad SMARTS) is 1. The molecule has 0 aromatic carbocycles. The SMILES string of the molecule is N#Cn1nnnc1C(=O)O. The van der Waals surface area contributed by atoms with Crippen molar-refractivity contribution in [1.82, 2.24) is 20.2 Å². The van der Waals surface area contributed by atoms with E-state index in [1.54, 1.807) is 0 Å². The molecule has 0 radical (unpaired) electrons. The van der Waals surface area contributed by atoms with Crippen molar-refractivity contribution >= 4 is 5.97 Å². The minimum Gasteiger partial charge on any atom is -0.475 e. The van der Waals surface area contributed by atoms with E-state index in [9.17, 15) is 4.79 Å². The van der Waals surface area contributed by atoms with Crippen LogP contribution in [0.15, 0.2) is 0 Å². The zero-order valence-electron chi connectivity index (χ0n) is 4.59. The van der Waals surface area contributed by atoms with E-state index in [-0.39, 0.29) is 0 Å². The van der Waals surface area contributed by atoms with Gasteiger partial charge in [-0.1, -0.05) is 5.10 Å². The number of carboxylic acids is 1. The van der Waals surface area contributed by atoms with Crippen LogP contribution in [0.4, 0.5) is 0 Å². The summed E-state index contributed by atoms with van der Waals surface area (Å²) in [7, 11) is 0. The molecule has 0 aliphatic heterocycles. The predicted molar refractivity (Wildman–Crippen MR) is 25.8 cm³/mol. The molecule has 0 amide bonds. The first-order valence-corrected chi connectivity index (χ1v) is 2.17. The van der Waals surface area contributed by atoms with E-state index in [4.69, 9.17) is 10.4 Å². The van der Waals surface area contributed by atoms with E-state index in [2.05, 4.69) is 15.5 Å². The van der Waals surface area contributed by atoms with Crippen LogP contribution in [-0.2, 0) is 0 Å². The Morgan fingerprint density at radius 1 is 1.80 bits per heavy atom. The van der Waals surface area contributed by atoms with Crippen LogP contribution in [0.3, 0.4) is 0 Å². The Labute approximate surface area is 54.5 Å².